The number of benzene rings is 1. The van der Waals surface area contributed by atoms with Gasteiger partial charge in [-0.25, -0.2) is 0 Å². The second kappa shape index (κ2) is 3.11. The first-order valence-electron chi connectivity index (χ1n) is 3.65. The van der Waals surface area contributed by atoms with E-state index in [0.717, 1.165) is 22.6 Å². The van der Waals surface area contributed by atoms with Crippen LogP contribution in [0.2, 0.25) is 0 Å². The van der Waals surface area contributed by atoms with Gasteiger partial charge >= 0.3 is 0 Å². The molecule has 0 saturated carbocycles. The van der Waals surface area contributed by atoms with Gasteiger partial charge in [0, 0.05) is 22.4 Å². The lowest BCUT2D eigenvalue weighted by molar-refractivity contribution is 0.112. The maximum atomic E-state index is 10.4. The SMILES string of the molecule is O=Cc1ccc2c(c1)N=CCS2. The van der Waals surface area contributed by atoms with E-state index in [2.05, 4.69) is 4.99 Å². The monoisotopic (exact) mass is 177 g/mol. The van der Waals surface area contributed by atoms with Gasteiger partial charge in [-0.05, 0) is 12.1 Å². The van der Waals surface area contributed by atoms with Gasteiger partial charge in [0.25, 0.3) is 0 Å². The zero-order valence-corrected chi connectivity index (χ0v) is 7.17. The van der Waals surface area contributed by atoms with Crippen LogP contribution in [0.1, 0.15) is 10.4 Å². The Kier molecular flexibility index (Phi) is 1.96. The first-order chi connectivity index (χ1) is 5.90. The highest BCUT2D eigenvalue weighted by atomic mass is 32.2. The number of aliphatic imine (C=N–C) groups is 1. The van der Waals surface area contributed by atoms with Crippen LogP contribution in [-0.4, -0.2) is 18.3 Å². The lowest BCUT2D eigenvalue weighted by atomic mass is 10.2. The fraction of sp³-hybridized carbons (Fsp3) is 0.111. The predicted molar refractivity (Wildman–Crippen MR) is 50.7 cm³/mol. The second-order valence-corrected chi connectivity index (χ2v) is 3.53. The van der Waals surface area contributed by atoms with E-state index in [1.54, 1.807) is 11.8 Å². The third-order valence-electron chi connectivity index (χ3n) is 1.66. The quantitative estimate of drug-likeness (QED) is 0.616. The highest BCUT2D eigenvalue weighted by Gasteiger charge is 2.05. The Morgan fingerprint density at radius 1 is 1.50 bits per heavy atom. The molecular formula is C9H7NOS. The first kappa shape index (κ1) is 7.55. The number of thioether (sulfide) groups is 1. The average molecular weight is 177 g/mol. The molecule has 3 heteroatoms. The molecule has 60 valence electrons. The second-order valence-electron chi connectivity index (χ2n) is 2.47. The Labute approximate surface area is 74.7 Å². The highest BCUT2D eigenvalue weighted by Crippen LogP contribution is 2.32. The van der Waals surface area contributed by atoms with E-state index in [1.165, 1.54) is 0 Å². The molecule has 12 heavy (non-hydrogen) atoms. The van der Waals surface area contributed by atoms with E-state index in [4.69, 9.17) is 0 Å². The van der Waals surface area contributed by atoms with Crippen molar-refractivity contribution in [1.82, 2.24) is 0 Å². The molecule has 0 atom stereocenters. The molecule has 0 unspecified atom stereocenters. The standard InChI is InChI=1S/C9H7NOS/c11-6-7-1-2-9-8(5-7)10-3-4-12-9/h1-3,5-6H,4H2. The summed E-state index contributed by atoms with van der Waals surface area (Å²) in [6, 6.07) is 5.57. The molecule has 1 aliphatic heterocycles. The van der Waals surface area contributed by atoms with Crippen LogP contribution >= 0.6 is 11.8 Å². The molecule has 0 saturated heterocycles. The molecule has 0 radical (unpaired) electrons. The van der Waals surface area contributed by atoms with Crippen molar-refractivity contribution in [2.75, 3.05) is 5.75 Å². The van der Waals surface area contributed by atoms with E-state index in [1.807, 2.05) is 24.4 Å². The van der Waals surface area contributed by atoms with Gasteiger partial charge in [-0.2, -0.15) is 0 Å². The summed E-state index contributed by atoms with van der Waals surface area (Å²) in [5.74, 6) is 0.924. The number of carbonyl (C=O) groups is 1. The zero-order chi connectivity index (χ0) is 8.39. The Hall–Kier alpha value is -1.09. The van der Waals surface area contributed by atoms with Gasteiger partial charge in [-0.15, -0.1) is 11.8 Å². The molecule has 0 fully saturated rings. The van der Waals surface area contributed by atoms with Crippen molar-refractivity contribution in [3.05, 3.63) is 23.8 Å². The van der Waals surface area contributed by atoms with Crippen LogP contribution in [0.25, 0.3) is 0 Å². The number of aldehydes is 1. The number of carbonyl (C=O) groups excluding carboxylic acids is 1. The molecule has 0 spiro atoms. The van der Waals surface area contributed by atoms with Crippen molar-refractivity contribution in [3.8, 4) is 0 Å². The Morgan fingerprint density at radius 2 is 2.42 bits per heavy atom. The minimum Gasteiger partial charge on any atom is -0.298 e. The van der Waals surface area contributed by atoms with Crippen LogP contribution in [-0.2, 0) is 0 Å². The molecule has 2 nitrogen and oxygen atoms in total. The number of hydrogen-bond donors (Lipinski definition) is 0. The minimum atomic E-state index is 0.688. The number of fused-ring (bicyclic) bond motifs is 1. The lowest BCUT2D eigenvalue weighted by Crippen LogP contribution is -1.89. The van der Waals surface area contributed by atoms with E-state index in [0.29, 0.717) is 5.56 Å². The first-order valence-corrected chi connectivity index (χ1v) is 4.63. The molecule has 1 heterocycles. The van der Waals surface area contributed by atoms with Crippen molar-refractivity contribution in [2.45, 2.75) is 4.90 Å². The molecule has 0 aliphatic carbocycles. The number of hydrogen-bond acceptors (Lipinski definition) is 3. The fourth-order valence-corrected chi connectivity index (χ4v) is 1.85. The summed E-state index contributed by atoms with van der Waals surface area (Å²) in [5.41, 5.74) is 1.60. The van der Waals surface area contributed by atoms with Crippen molar-refractivity contribution < 1.29 is 4.79 Å². The molecule has 0 bridgehead atoms. The van der Waals surface area contributed by atoms with E-state index in [-0.39, 0.29) is 0 Å². The summed E-state index contributed by atoms with van der Waals surface area (Å²) >= 11 is 1.74. The molecule has 1 aromatic rings. The van der Waals surface area contributed by atoms with Crippen LogP contribution in [0.5, 0.6) is 0 Å². The molecular weight excluding hydrogens is 170 g/mol. The summed E-state index contributed by atoms with van der Waals surface area (Å²) in [7, 11) is 0. The van der Waals surface area contributed by atoms with Gasteiger partial charge in [0.2, 0.25) is 0 Å². The minimum absolute atomic E-state index is 0.688. The largest absolute Gasteiger partial charge is 0.298 e. The summed E-state index contributed by atoms with van der Waals surface area (Å²) in [4.78, 5) is 15.8. The van der Waals surface area contributed by atoms with Crippen molar-refractivity contribution in [2.24, 2.45) is 4.99 Å². The van der Waals surface area contributed by atoms with Gasteiger partial charge < -0.3 is 0 Å². The van der Waals surface area contributed by atoms with Gasteiger partial charge in [-0.3, -0.25) is 9.79 Å². The van der Waals surface area contributed by atoms with Gasteiger partial charge in [0.1, 0.15) is 6.29 Å². The van der Waals surface area contributed by atoms with Crippen molar-refractivity contribution >= 4 is 30.0 Å². The third-order valence-corrected chi connectivity index (χ3v) is 2.63. The summed E-state index contributed by atoms with van der Waals surface area (Å²) < 4.78 is 0. The summed E-state index contributed by atoms with van der Waals surface area (Å²) in [6.45, 7) is 0. The Bertz CT molecular complexity index is 346. The van der Waals surface area contributed by atoms with Crippen LogP contribution in [0.4, 0.5) is 5.69 Å². The van der Waals surface area contributed by atoms with Crippen LogP contribution in [0.15, 0.2) is 28.1 Å². The Morgan fingerprint density at radius 3 is 3.25 bits per heavy atom. The maximum Gasteiger partial charge on any atom is 0.150 e. The molecule has 0 aromatic heterocycles. The predicted octanol–water partition coefficient (Wildman–Crippen LogP) is 2.31. The van der Waals surface area contributed by atoms with Crippen LogP contribution in [0, 0.1) is 0 Å². The molecule has 2 rings (SSSR count). The average Bonchev–Trinajstić information content (AvgIpc) is 2.17. The third kappa shape index (κ3) is 1.28. The van der Waals surface area contributed by atoms with E-state index < -0.39 is 0 Å². The highest BCUT2D eigenvalue weighted by molar-refractivity contribution is 8.00. The van der Waals surface area contributed by atoms with E-state index in [9.17, 15) is 4.79 Å². The fourth-order valence-electron chi connectivity index (χ4n) is 1.09. The van der Waals surface area contributed by atoms with Gasteiger partial charge in [0.15, 0.2) is 0 Å². The molecule has 1 aliphatic rings. The van der Waals surface area contributed by atoms with Crippen molar-refractivity contribution in [3.63, 3.8) is 0 Å². The number of rotatable bonds is 1. The summed E-state index contributed by atoms with van der Waals surface area (Å²) in [5, 5.41) is 0. The molecule has 0 N–H and O–H groups in total. The van der Waals surface area contributed by atoms with Gasteiger partial charge in [0.05, 0.1) is 5.69 Å². The molecule has 0 amide bonds. The van der Waals surface area contributed by atoms with Crippen LogP contribution in [0.3, 0.4) is 0 Å². The summed E-state index contributed by atoms with van der Waals surface area (Å²) in [6.07, 6.45) is 2.71. The topological polar surface area (TPSA) is 29.4 Å². The lowest BCUT2D eigenvalue weighted by Gasteiger charge is -2.08. The maximum absolute atomic E-state index is 10.4. The smallest absolute Gasteiger partial charge is 0.150 e. The molecule has 1 aromatic carbocycles. The van der Waals surface area contributed by atoms with Crippen LogP contribution < -0.4 is 0 Å². The number of nitrogens with zero attached hydrogens (tertiary/aromatic N) is 1. The van der Waals surface area contributed by atoms with Gasteiger partial charge in [-0.1, -0.05) is 6.07 Å². The normalized spacial score (nSPS) is 14.0. The van der Waals surface area contributed by atoms with Crippen molar-refractivity contribution in [1.29, 1.82) is 0 Å². The van der Waals surface area contributed by atoms with E-state index >= 15 is 0 Å². The zero-order valence-electron chi connectivity index (χ0n) is 6.36. The Balaban J connectivity index is 2.51.